The number of carbonyl (C=O) groups is 1. The molecule has 0 unspecified atom stereocenters. The van der Waals surface area contributed by atoms with Gasteiger partial charge in [0.2, 0.25) is 5.95 Å². The van der Waals surface area contributed by atoms with Crippen LogP contribution in [0.3, 0.4) is 0 Å². The molecule has 3 aromatic heterocycles. The predicted molar refractivity (Wildman–Crippen MR) is 82.5 cm³/mol. The van der Waals surface area contributed by atoms with Crippen LogP contribution in [0, 0.1) is 6.92 Å². The number of amides is 1. The van der Waals surface area contributed by atoms with Crippen LogP contribution in [0.2, 0.25) is 0 Å². The summed E-state index contributed by atoms with van der Waals surface area (Å²) in [5, 5.41) is 6.73. The van der Waals surface area contributed by atoms with Gasteiger partial charge in [0.1, 0.15) is 5.76 Å². The zero-order valence-electron chi connectivity index (χ0n) is 11.7. The molecule has 0 aromatic carbocycles. The number of aromatic nitrogens is 4. The van der Waals surface area contributed by atoms with E-state index in [9.17, 15) is 4.79 Å². The molecule has 0 aliphatic rings. The molecule has 0 saturated carbocycles. The molecule has 0 radical (unpaired) electrons. The normalized spacial score (nSPS) is 10.6. The summed E-state index contributed by atoms with van der Waals surface area (Å²) in [4.78, 5) is 20.2. The van der Waals surface area contributed by atoms with E-state index < -0.39 is 5.91 Å². The minimum Gasteiger partial charge on any atom is -0.454 e. The van der Waals surface area contributed by atoms with Gasteiger partial charge in [0.15, 0.2) is 5.76 Å². The summed E-state index contributed by atoms with van der Waals surface area (Å²) in [5.74, 6) is 0.690. The average Bonchev–Trinajstić information content (AvgIpc) is 3.09. The second-order valence-electron chi connectivity index (χ2n) is 4.60. The number of rotatable bonds is 4. The molecule has 0 saturated heterocycles. The highest BCUT2D eigenvalue weighted by Gasteiger charge is 2.13. The summed E-state index contributed by atoms with van der Waals surface area (Å²) < 4.78 is 8.10. The fourth-order valence-corrected chi connectivity index (χ4v) is 2.17. The molecule has 1 N–H and O–H groups in total. The van der Waals surface area contributed by atoms with E-state index in [1.165, 1.54) is 0 Å². The molecule has 0 spiro atoms. The lowest BCUT2D eigenvalue weighted by molar-refractivity contribution is 0.0994. The molecule has 112 valence electrons. The molecule has 0 fully saturated rings. The number of hydrogen-bond donors (Lipinski definition) is 1. The Labute approximate surface area is 134 Å². The molecule has 3 rings (SSSR count). The minimum atomic E-state index is -0.390. The van der Waals surface area contributed by atoms with E-state index in [4.69, 9.17) is 4.42 Å². The van der Waals surface area contributed by atoms with Crippen LogP contribution < -0.4 is 5.32 Å². The lowest BCUT2D eigenvalue weighted by Crippen LogP contribution is -2.13. The fraction of sp³-hybridized carbons (Fsp3) is 0.143. The van der Waals surface area contributed by atoms with Crippen molar-refractivity contribution in [2.24, 2.45) is 0 Å². The number of nitrogens with zero attached hydrogens (tertiary/aromatic N) is 4. The van der Waals surface area contributed by atoms with E-state index in [2.05, 4.69) is 36.3 Å². The van der Waals surface area contributed by atoms with Gasteiger partial charge in [-0.1, -0.05) is 0 Å². The largest absolute Gasteiger partial charge is 0.454 e. The zero-order valence-corrected chi connectivity index (χ0v) is 13.2. The summed E-state index contributed by atoms with van der Waals surface area (Å²) in [5.41, 5.74) is 0.773. The average molecular weight is 362 g/mol. The van der Waals surface area contributed by atoms with Gasteiger partial charge in [-0.3, -0.25) is 14.8 Å². The van der Waals surface area contributed by atoms with Crippen LogP contribution in [0.25, 0.3) is 0 Å². The van der Waals surface area contributed by atoms with Crippen LogP contribution >= 0.6 is 15.9 Å². The number of carbonyl (C=O) groups excluding carboxylic acids is 1. The second-order valence-corrected chi connectivity index (χ2v) is 5.51. The number of furan rings is 1. The van der Waals surface area contributed by atoms with Gasteiger partial charge in [-0.15, -0.1) is 0 Å². The summed E-state index contributed by atoms with van der Waals surface area (Å²) in [7, 11) is 0. The summed E-state index contributed by atoms with van der Waals surface area (Å²) in [6.07, 6.45) is 5.09. The van der Waals surface area contributed by atoms with Crippen molar-refractivity contribution in [1.29, 1.82) is 0 Å². The first-order valence-corrected chi connectivity index (χ1v) is 7.27. The van der Waals surface area contributed by atoms with Crippen LogP contribution in [0.5, 0.6) is 0 Å². The van der Waals surface area contributed by atoms with Crippen molar-refractivity contribution in [3.63, 3.8) is 0 Å². The molecule has 3 heterocycles. The van der Waals surface area contributed by atoms with Gasteiger partial charge in [-0.05, 0) is 41.1 Å². The lowest BCUT2D eigenvalue weighted by atomic mass is 10.4. The highest BCUT2D eigenvalue weighted by molar-refractivity contribution is 9.10. The molecule has 8 heteroatoms. The first-order chi connectivity index (χ1) is 10.6. The topological polar surface area (TPSA) is 85.8 Å². The summed E-state index contributed by atoms with van der Waals surface area (Å²) >= 11 is 3.32. The first-order valence-electron chi connectivity index (χ1n) is 6.48. The van der Waals surface area contributed by atoms with Gasteiger partial charge in [-0.25, -0.2) is 9.97 Å². The number of halogens is 1. The third kappa shape index (κ3) is 3.40. The fourth-order valence-electron chi connectivity index (χ4n) is 1.84. The molecule has 0 atom stereocenters. The maximum Gasteiger partial charge on any atom is 0.293 e. The van der Waals surface area contributed by atoms with Crippen molar-refractivity contribution in [3.05, 3.63) is 58.5 Å². The van der Waals surface area contributed by atoms with Gasteiger partial charge in [0.25, 0.3) is 5.91 Å². The van der Waals surface area contributed by atoms with E-state index in [-0.39, 0.29) is 11.7 Å². The highest BCUT2D eigenvalue weighted by Crippen LogP contribution is 2.13. The number of hydrogen-bond acceptors (Lipinski definition) is 5. The molecule has 22 heavy (non-hydrogen) atoms. The van der Waals surface area contributed by atoms with Crippen LogP contribution in [-0.4, -0.2) is 25.7 Å². The predicted octanol–water partition coefficient (Wildman–Crippen LogP) is 2.64. The number of nitrogens with one attached hydrogen (secondary N) is 1. The Balaban J connectivity index is 1.69. The maximum atomic E-state index is 12.1. The third-order valence-corrected chi connectivity index (χ3v) is 3.23. The van der Waals surface area contributed by atoms with Gasteiger partial charge in [0, 0.05) is 18.1 Å². The van der Waals surface area contributed by atoms with E-state index in [1.807, 2.05) is 13.1 Å². The van der Waals surface area contributed by atoms with E-state index in [0.29, 0.717) is 12.3 Å². The van der Waals surface area contributed by atoms with Crippen molar-refractivity contribution < 1.29 is 9.21 Å². The van der Waals surface area contributed by atoms with E-state index in [1.54, 1.807) is 35.3 Å². The Hall–Kier alpha value is -2.48. The van der Waals surface area contributed by atoms with Crippen LogP contribution in [-0.2, 0) is 6.54 Å². The first kappa shape index (κ1) is 14.5. The Morgan fingerprint density at radius 1 is 1.41 bits per heavy atom. The Kier molecular flexibility index (Phi) is 4.01. The van der Waals surface area contributed by atoms with Crippen molar-refractivity contribution in [3.8, 4) is 0 Å². The van der Waals surface area contributed by atoms with Crippen LogP contribution in [0.1, 0.15) is 22.0 Å². The second kappa shape index (κ2) is 6.10. The zero-order chi connectivity index (χ0) is 15.5. The number of aryl methyl sites for hydroxylation is 1. The standard InChI is InChI=1S/C14H12BrN5O2/c1-9-4-5-16-14(18-9)19-13(21)12-3-2-11(22-12)8-20-7-10(15)6-17-20/h2-7H,8H2,1H3,(H,16,18,19,21). The molecule has 0 aliphatic heterocycles. The van der Waals surface area contributed by atoms with Gasteiger partial charge in [-0.2, -0.15) is 5.10 Å². The van der Waals surface area contributed by atoms with Crippen molar-refractivity contribution in [1.82, 2.24) is 19.7 Å². The molecule has 7 nitrogen and oxygen atoms in total. The Bertz CT molecular complexity index is 811. The molecule has 1 amide bonds. The Morgan fingerprint density at radius 2 is 2.27 bits per heavy atom. The van der Waals surface area contributed by atoms with Crippen molar-refractivity contribution >= 4 is 27.8 Å². The van der Waals surface area contributed by atoms with Crippen molar-refractivity contribution in [2.45, 2.75) is 13.5 Å². The summed E-state index contributed by atoms with van der Waals surface area (Å²) in [6, 6.07) is 5.10. The van der Waals surface area contributed by atoms with Gasteiger partial charge in [0.05, 0.1) is 17.2 Å². The smallest absolute Gasteiger partial charge is 0.293 e. The molecular formula is C14H12BrN5O2. The molecule has 0 bridgehead atoms. The Morgan fingerprint density at radius 3 is 3.00 bits per heavy atom. The van der Waals surface area contributed by atoms with Gasteiger partial charge >= 0.3 is 0 Å². The quantitative estimate of drug-likeness (QED) is 0.771. The SMILES string of the molecule is Cc1ccnc(NC(=O)c2ccc(Cn3cc(Br)cn3)o2)n1. The van der Waals surface area contributed by atoms with Gasteiger partial charge < -0.3 is 4.42 Å². The lowest BCUT2D eigenvalue weighted by Gasteiger charge is -2.02. The summed E-state index contributed by atoms with van der Waals surface area (Å²) in [6.45, 7) is 2.27. The van der Waals surface area contributed by atoms with Crippen LogP contribution in [0.4, 0.5) is 5.95 Å². The van der Waals surface area contributed by atoms with Crippen molar-refractivity contribution in [2.75, 3.05) is 5.32 Å². The van der Waals surface area contributed by atoms with Crippen LogP contribution in [0.15, 0.2) is 45.7 Å². The monoisotopic (exact) mass is 361 g/mol. The third-order valence-electron chi connectivity index (χ3n) is 2.83. The van der Waals surface area contributed by atoms with E-state index in [0.717, 1.165) is 10.2 Å². The maximum absolute atomic E-state index is 12.1. The molecule has 3 aromatic rings. The minimum absolute atomic E-state index is 0.200. The highest BCUT2D eigenvalue weighted by atomic mass is 79.9. The molecular weight excluding hydrogens is 350 g/mol. The number of anilines is 1. The van der Waals surface area contributed by atoms with E-state index >= 15 is 0 Å². The molecule has 0 aliphatic carbocycles.